The number of aryl methyl sites for hydroxylation is 2. The van der Waals surface area contributed by atoms with Gasteiger partial charge in [-0.3, -0.25) is 4.68 Å². The highest BCUT2D eigenvalue weighted by atomic mass is 16.5. The molecule has 1 N–H and O–H groups in total. The predicted octanol–water partition coefficient (Wildman–Crippen LogP) is 2.80. The van der Waals surface area contributed by atoms with Gasteiger partial charge in [0.25, 0.3) is 0 Å². The fourth-order valence-corrected chi connectivity index (χ4v) is 3.13. The van der Waals surface area contributed by atoms with Gasteiger partial charge in [0.2, 0.25) is 0 Å². The van der Waals surface area contributed by atoms with Crippen LogP contribution in [0, 0.1) is 5.41 Å². The van der Waals surface area contributed by atoms with Crippen LogP contribution in [0.3, 0.4) is 0 Å². The minimum atomic E-state index is 0.320. The second-order valence-corrected chi connectivity index (χ2v) is 6.62. The van der Waals surface area contributed by atoms with E-state index in [2.05, 4.69) is 43.8 Å². The maximum Gasteiger partial charge on any atom is 0.0624 e. The van der Waals surface area contributed by atoms with E-state index in [1.807, 2.05) is 0 Å². The summed E-state index contributed by atoms with van der Waals surface area (Å²) in [6, 6.07) is 2.84. The first-order valence-corrected chi connectivity index (χ1v) is 8.45. The van der Waals surface area contributed by atoms with E-state index in [-0.39, 0.29) is 0 Å². The first-order chi connectivity index (χ1) is 10.1. The minimum Gasteiger partial charge on any atom is -0.381 e. The molecule has 2 rings (SSSR count). The van der Waals surface area contributed by atoms with Gasteiger partial charge in [0, 0.05) is 38.0 Å². The van der Waals surface area contributed by atoms with Crippen molar-refractivity contribution in [1.82, 2.24) is 15.1 Å². The Morgan fingerprint density at radius 1 is 1.33 bits per heavy atom. The highest BCUT2D eigenvalue weighted by Crippen LogP contribution is 2.34. The lowest BCUT2D eigenvalue weighted by molar-refractivity contribution is 0.0131. The van der Waals surface area contributed by atoms with E-state index >= 15 is 0 Å². The lowest BCUT2D eigenvalue weighted by Gasteiger charge is -2.38. The standard InChI is InChI=1S/C17H31N3O/c1-5-15-11-16(20(6-2)19-15)12-17(13-18-14(3)4)7-9-21-10-8-17/h11,14,18H,5-10,12-13H2,1-4H3. The van der Waals surface area contributed by atoms with Crippen molar-refractivity contribution in [1.29, 1.82) is 0 Å². The third-order valence-electron chi connectivity index (χ3n) is 4.57. The van der Waals surface area contributed by atoms with Gasteiger partial charge in [0.1, 0.15) is 0 Å². The maximum atomic E-state index is 5.60. The van der Waals surface area contributed by atoms with Crippen LogP contribution in [0.4, 0.5) is 0 Å². The van der Waals surface area contributed by atoms with Crippen LogP contribution in [0.1, 0.15) is 51.9 Å². The average Bonchev–Trinajstić information content (AvgIpc) is 2.88. The van der Waals surface area contributed by atoms with Crippen molar-refractivity contribution in [3.05, 3.63) is 17.5 Å². The van der Waals surface area contributed by atoms with Crippen LogP contribution in [-0.2, 0) is 24.1 Å². The summed E-state index contributed by atoms with van der Waals surface area (Å²) in [5.74, 6) is 0. The van der Waals surface area contributed by atoms with Gasteiger partial charge in [0.05, 0.1) is 5.69 Å². The third kappa shape index (κ3) is 4.30. The summed E-state index contributed by atoms with van der Waals surface area (Å²) in [5, 5.41) is 8.35. The molecule has 0 saturated carbocycles. The molecule has 0 radical (unpaired) electrons. The van der Waals surface area contributed by atoms with Gasteiger partial charge in [-0.15, -0.1) is 0 Å². The molecule has 1 aliphatic heterocycles. The lowest BCUT2D eigenvalue weighted by Crippen LogP contribution is -2.43. The molecule has 0 atom stereocenters. The molecule has 2 heterocycles. The van der Waals surface area contributed by atoms with Gasteiger partial charge in [-0.1, -0.05) is 20.8 Å². The fraction of sp³-hybridized carbons (Fsp3) is 0.824. The minimum absolute atomic E-state index is 0.320. The summed E-state index contributed by atoms with van der Waals surface area (Å²) in [6.45, 7) is 12.6. The molecule has 0 amide bonds. The number of nitrogens with zero attached hydrogens (tertiary/aromatic N) is 2. The molecule has 1 aliphatic rings. The van der Waals surface area contributed by atoms with E-state index in [9.17, 15) is 0 Å². The second-order valence-electron chi connectivity index (χ2n) is 6.62. The Morgan fingerprint density at radius 2 is 2.05 bits per heavy atom. The zero-order chi connectivity index (χ0) is 15.3. The summed E-state index contributed by atoms with van der Waals surface area (Å²) in [6.07, 6.45) is 4.41. The normalized spacial score (nSPS) is 18.3. The van der Waals surface area contributed by atoms with Crippen LogP contribution in [-0.4, -0.2) is 35.6 Å². The highest BCUT2D eigenvalue weighted by molar-refractivity contribution is 5.13. The molecule has 1 fully saturated rings. The Labute approximate surface area is 129 Å². The molecule has 0 unspecified atom stereocenters. The van der Waals surface area contributed by atoms with Gasteiger partial charge >= 0.3 is 0 Å². The second kappa shape index (κ2) is 7.41. The van der Waals surface area contributed by atoms with Gasteiger partial charge in [-0.05, 0) is 44.1 Å². The van der Waals surface area contributed by atoms with Crippen molar-refractivity contribution >= 4 is 0 Å². The van der Waals surface area contributed by atoms with E-state index in [1.54, 1.807) is 0 Å². The van der Waals surface area contributed by atoms with E-state index in [1.165, 1.54) is 11.4 Å². The number of hydrogen-bond donors (Lipinski definition) is 1. The molecule has 0 spiro atoms. The quantitative estimate of drug-likeness (QED) is 0.840. The van der Waals surface area contributed by atoms with Gasteiger partial charge in [-0.2, -0.15) is 5.10 Å². The summed E-state index contributed by atoms with van der Waals surface area (Å²) in [4.78, 5) is 0. The first kappa shape index (κ1) is 16.5. The molecular formula is C17H31N3O. The van der Waals surface area contributed by atoms with Crippen molar-refractivity contribution in [2.75, 3.05) is 19.8 Å². The largest absolute Gasteiger partial charge is 0.381 e. The predicted molar refractivity (Wildman–Crippen MR) is 86.6 cm³/mol. The third-order valence-corrected chi connectivity index (χ3v) is 4.57. The van der Waals surface area contributed by atoms with Gasteiger partial charge < -0.3 is 10.1 Å². The number of aromatic nitrogens is 2. The fourth-order valence-electron chi connectivity index (χ4n) is 3.13. The molecule has 1 aromatic heterocycles. The lowest BCUT2D eigenvalue weighted by atomic mass is 9.76. The average molecular weight is 293 g/mol. The van der Waals surface area contributed by atoms with E-state index < -0.39 is 0 Å². The number of ether oxygens (including phenoxy) is 1. The molecular weight excluding hydrogens is 262 g/mol. The smallest absolute Gasteiger partial charge is 0.0624 e. The Hall–Kier alpha value is -0.870. The number of nitrogens with one attached hydrogen (secondary N) is 1. The van der Waals surface area contributed by atoms with Crippen LogP contribution >= 0.6 is 0 Å². The Kier molecular flexibility index (Phi) is 5.82. The topological polar surface area (TPSA) is 39.1 Å². The van der Waals surface area contributed by atoms with Crippen molar-refractivity contribution in [2.24, 2.45) is 5.41 Å². The molecule has 4 heteroatoms. The molecule has 4 nitrogen and oxygen atoms in total. The van der Waals surface area contributed by atoms with Crippen molar-refractivity contribution < 1.29 is 4.74 Å². The van der Waals surface area contributed by atoms with Crippen LogP contribution in [0.25, 0.3) is 0 Å². The molecule has 1 aromatic rings. The number of hydrogen-bond acceptors (Lipinski definition) is 3. The maximum absolute atomic E-state index is 5.60. The van der Waals surface area contributed by atoms with E-state index in [4.69, 9.17) is 9.84 Å². The van der Waals surface area contributed by atoms with Gasteiger partial charge in [0.15, 0.2) is 0 Å². The summed E-state index contributed by atoms with van der Waals surface area (Å²) >= 11 is 0. The van der Waals surface area contributed by atoms with Crippen molar-refractivity contribution in [3.8, 4) is 0 Å². The summed E-state index contributed by atoms with van der Waals surface area (Å²) in [5.41, 5.74) is 2.92. The highest BCUT2D eigenvalue weighted by Gasteiger charge is 2.33. The van der Waals surface area contributed by atoms with Crippen LogP contribution in [0.5, 0.6) is 0 Å². The Bertz CT molecular complexity index is 433. The molecule has 0 aliphatic carbocycles. The van der Waals surface area contributed by atoms with Crippen molar-refractivity contribution in [3.63, 3.8) is 0 Å². The van der Waals surface area contributed by atoms with Crippen LogP contribution in [0.2, 0.25) is 0 Å². The van der Waals surface area contributed by atoms with Gasteiger partial charge in [-0.25, -0.2) is 0 Å². The first-order valence-electron chi connectivity index (χ1n) is 8.45. The molecule has 21 heavy (non-hydrogen) atoms. The summed E-state index contributed by atoms with van der Waals surface area (Å²) < 4.78 is 7.79. The van der Waals surface area contributed by atoms with Crippen LogP contribution in [0.15, 0.2) is 6.07 Å². The zero-order valence-corrected chi connectivity index (χ0v) is 14.1. The molecule has 1 saturated heterocycles. The Morgan fingerprint density at radius 3 is 2.62 bits per heavy atom. The van der Waals surface area contributed by atoms with E-state index in [0.29, 0.717) is 11.5 Å². The monoisotopic (exact) mass is 293 g/mol. The zero-order valence-electron chi connectivity index (χ0n) is 14.1. The molecule has 0 bridgehead atoms. The Balaban J connectivity index is 2.15. The van der Waals surface area contributed by atoms with Crippen LogP contribution < -0.4 is 5.32 Å². The van der Waals surface area contributed by atoms with Crippen molar-refractivity contribution in [2.45, 2.75) is 66.0 Å². The molecule has 120 valence electrons. The SMILES string of the molecule is CCc1cc(CC2(CNC(C)C)CCOCC2)n(CC)n1. The summed E-state index contributed by atoms with van der Waals surface area (Å²) in [7, 11) is 0. The number of rotatable bonds is 7. The molecule has 0 aromatic carbocycles. The van der Waals surface area contributed by atoms with E-state index in [0.717, 1.165) is 52.0 Å².